The Labute approximate surface area is 69.4 Å². The Bertz CT molecular complexity index is 114. The fourth-order valence-corrected chi connectivity index (χ4v) is 0.826. The topological polar surface area (TPSA) is 20.2 Å². The Hall–Kier alpha value is -0.560. The van der Waals surface area contributed by atoms with Crippen molar-refractivity contribution < 1.29 is 5.11 Å². The lowest BCUT2D eigenvalue weighted by atomic mass is 10.2. The molecule has 0 aliphatic rings. The summed E-state index contributed by atoms with van der Waals surface area (Å²) >= 11 is 0. The van der Waals surface area contributed by atoms with Crippen molar-refractivity contribution in [2.45, 2.75) is 32.6 Å². The van der Waals surface area contributed by atoms with Gasteiger partial charge in [0.25, 0.3) is 0 Å². The number of rotatable bonds is 6. The van der Waals surface area contributed by atoms with Gasteiger partial charge in [0.1, 0.15) is 0 Å². The van der Waals surface area contributed by atoms with Gasteiger partial charge in [-0.05, 0) is 12.8 Å². The van der Waals surface area contributed by atoms with Crippen molar-refractivity contribution in [3.05, 3.63) is 24.3 Å². The number of hydrogen-bond donors (Lipinski definition) is 1. The molecule has 0 atom stereocenters. The molecule has 0 rings (SSSR count). The maximum absolute atomic E-state index is 8.39. The van der Waals surface area contributed by atoms with Crippen molar-refractivity contribution in [3.63, 3.8) is 0 Å². The van der Waals surface area contributed by atoms with Crippen molar-refractivity contribution in [2.24, 2.45) is 0 Å². The first-order valence-corrected chi connectivity index (χ1v) is 4.34. The summed E-state index contributed by atoms with van der Waals surface area (Å²) < 4.78 is 0. The lowest BCUT2D eigenvalue weighted by Crippen LogP contribution is -1.70. The molecule has 0 unspecified atom stereocenters. The van der Waals surface area contributed by atoms with Gasteiger partial charge in [-0.25, -0.2) is 0 Å². The number of aliphatic hydroxyl groups excluding tert-OH is 1. The van der Waals surface area contributed by atoms with Crippen LogP contribution in [0.2, 0.25) is 0 Å². The first-order chi connectivity index (χ1) is 5.41. The van der Waals surface area contributed by atoms with Gasteiger partial charge in [-0.2, -0.15) is 0 Å². The molecule has 1 heteroatoms. The summed E-state index contributed by atoms with van der Waals surface area (Å²) in [6.07, 6.45) is 12.8. The minimum atomic E-state index is 0.138. The highest BCUT2D eigenvalue weighted by Crippen LogP contribution is 1.99. The highest BCUT2D eigenvalue weighted by molar-refractivity contribution is 5.02. The summed E-state index contributed by atoms with van der Waals surface area (Å²) in [4.78, 5) is 0. The molecule has 0 saturated carbocycles. The number of aliphatic hydroxyl groups is 1. The van der Waals surface area contributed by atoms with Crippen LogP contribution < -0.4 is 0 Å². The van der Waals surface area contributed by atoms with Crippen LogP contribution in [0.1, 0.15) is 32.6 Å². The van der Waals surface area contributed by atoms with Crippen molar-refractivity contribution in [1.82, 2.24) is 0 Å². The van der Waals surface area contributed by atoms with Crippen LogP contribution in [0.25, 0.3) is 0 Å². The second-order valence-corrected chi connectivity index (χ2v) is 2.53. The van der Waals surface area contributed by atoms with Gasteiger partial charge in [-0.1, -0.05) is 44.1 Å². The lowest BCUT2D eigenvalue weighted by Gasteiger charge is -1.89. The molecule has 0 radical (unpaired) electrons. The summed E-state index contributed by atoms with van der Waals surface area (Å²) in [6, 6.07) is 0. The van der Waals surface area contributed by atoms with E-state index in [0.717, 1.165) is 6.42 Å². The highest BCUT2D eigenvalue weighted by atomic mass is 16.2. The highest BCUT2D eigenvalue weighted by Gasteiger charge is 1.79. The molecule has 0 heterocycles. The molecular formula is C10H18O. The molecule has 64 valence electrons. The standard InChI is InChI=1S/C10H18O/c1-2-3-4-5-6-7-8-9-10-11/h6-9,11H,2-5,10H2,1H3/b7-6+,9-8+. The van der Waals surface area contributed by atoms with Crippen LogP contribution in [0, 0.1) is 0 Å². The third-order valence-electron chi connectivity index (χ3n) is 1.46. The van der Waals surface area contributed by atoms with Gasteiger partial charge in [-0.3, -0.25) is 0 Å². The predicted octanol–water partition coefficient (Wildman–Crippen LogP) is 2.67. The minimum absolute atomic E-state index is 0.138. The van der Waals surface area contributed by atoms with Crippen molar-refractivity contribution >= 4 is 0 Å². The summed E-state index contributed by atoms with van der Waals surface area (Å²) in [7, 11) is 0. The Balaban J connectivity index is 3.09. The molecule has 1 N–H and O–H groups in total. The molecule has 1 nitrogen and oxygen atoms in total. The second-order valence-electron chi connectivity index (χ2n) is 2.53. The maximum atomic E-state index is 8.39. The summed E-state index contributed by atoms with van der Waals surface area (Å²) in [6.45, 7) is 2.34. The molecule has 0 bridgehead atoms. The zero-order valence-corrected chi connectivity index (χ0v) is 7.29. The van der Waals surface area contributed by atoms with E-state index in [1.165, 1.54) is 19.3 Å². The SMILES string of the molecule is CCCCC/C=C/C=C/CO. The Morgan fingerprint density at radius 3 is 2.45 bits per heavy atom. The summed E-state index contributed by atoms with van der Waals surface area (Å²) in [5.41, 5.74) is 0. The molecule has 0 fully saturated rings. The predicted molar refractivity (Wildman–Crippen MR) is 49.5 cm³/mol. The first-order valence-electron chi connectivity index (χ1n) is 4.34. The molecule has 0 amide bonds. The van der Waals surface area contributed by atoms with Crippen LogP contribution in [0.5, 0.6) is 0 Å². The van der Waals surface area contributed by atoms with Crippen LogP contribution in [-0.4, -0.2) is 11.7 Å². The quantitative estimate of drug-likeness (QED) is 0.460. The molecular weight excluding hydrogens is 136 g/mol. The third kappa shape index (κ3) is 9.44. The van der Waals surface area contributed by atoms with Crippen LogP contribution in [-0.2, 0) is 0 Å². The van der Waals surface area contributed by atoms with Gasteiger partial charge in [0, 0.05) is 0 Å². The van der Waals surface area contributed by atoms with Gasteiger partial charge in [0.05, 0.1) is 6.61 Å². The number of allylic oxidation sites excluding steroid dienone is 3. The first kappa shape index (κ1) is 10.4. The van der Waals surface area contributed by atoms with E-state index >= 15 is 0 Å². The van der Waals surface area contributed by atoms with E-state index in [2.05, 4.69) is 13.0 Å². The van der Waals surface area contributed by atoms with Crippen LogP contribution in [0.4, 0.5) is 0 Å². The average Bonchev–Trinajstić information content (AvgIpc) is 2.03. The molecule has 0 aliphatic heterocycles. The van der Waals surface area contributed by atoms with Crippen molar-refractivity contribution in [2.75, 3.05) is 6.61 Å². The van der Waals surface area contributed by atoms with Gasteiger partial charge in [0.15, 0.2) is 0 Å². The monoisotopic (exact) mass is 154 g/mol. The van der Waals surface area contributed by atoms with Crippen molar-refractivity contribution in [1.29, 1.82) is 0 Å². The maximum Gasteiger partial charge on any atom is 0.0615 e. The smallest absolute Gasteiger partial charge is 0.0615 e. The molecule has 0 aliphatic carbocycles. The van der Waals surface area contributed by atoms with Gasteiger partial charge >= 0.3 is 0 Å². The molecule has 0 saturated heterocycles. The average molecular weight is 154 g/mol. The van der Waals surface area contributed by atoms with Gasteiger partial charge in [-0.15, -0.1) is 0 Å². The van der Waals surface area contributed by atoms with E-state index in [9.17, 15) is 0 Å². The van der Waals surface area contributed by atoms with Crippen LogP contribution in [0.3, 0.4) is 0 Å². The van der Waals surface area contributed by atoms with Crippen LogP contribution >= 0.6 is 0 Å². The molecule has 0 aromatic rings. The minimum Gasteiger partial charge on any atom is -0.392 e. The lowest BCUT2D eigenvalue weighted by molar-refractivity contribution is 0.343. The van der Waals surface area contributed by atoms with Gasteiger partial charge < -0.3 is 5.11 Å². The molecule has 11 heavy (non-hydrogen) atoms. The number of hydrogen-bond acceptors (Lipinski definition) is 1. The summed E-state index contributed by atoms with van der Waals surface area (Å²) in [5.74, 6) is 0. The van der Waals surface area contributed by atoms with E-state index in [1.807, 2.05) is 12.2 Å². The Morgan fingerprint density at radius 1 is 1.09 bits per heavy atom. The zero-order valence-electron chi connectivity index (χ0n) is 7.29. The zero-order chi connectivity index (χ0) is 8.36. The van der Waals surface area contributed by atoms with E-state index in [1.54, 1.807) is 6.08 Å². The van der Waals surface area contributed by atoms with E-state index in [4.69, 9.17) is 5.11 Å². The van der Waals surface area contributed by atoms with Crippen molar-refractivity contribution in [3.8, 4) is 0 Å². The summed E-state index contributed by atoms with van der Waals surface area (Å²) in [5, 5.41) is 8.39. The van der Waals surface area contributed by atoms with E-state index in [-0.39, 0.29) is 6.61 Å². The third-order valence-corrected chi connectivity index (χ3v) is 1.46. The Morgan fingerprint density at radius 2 is 1.82 bits per heavy atom. The second kappa shape index (κ2) is 9.44. The Kier molecular flexibility index (Phi) is 8.96. The number of unbranched alkanes of at least 4 members (excludes halogenated alkanes) is 3. The molecule has 0 spiro atoms. The normalized spacial score (nSPS) is 11.8. The fourth-order valence-electron chi connectivity index (χ4n) is 0.826. The van der Waals surface area contributed by atoms with Crippen LogP contribution in [0.15, 0.2) is 24.3 Å². The van der Waals surface area contributed by atoms with E-state index < -0.39 is 0 Å². The molecule has 0 aromatic heterocycles. The largest absolute Gasteiger partial charge is 0.392 e. The van der Waals surface area contributed by atoms with E-state index in [0.29, 0.717) is 0 Å². The van der Waals surface area contributed by atoms with Gasteiger partial charge in [0.2, 0.25) is 0 Å². The fraction of sp³-hybridized carbons (Fsp3) is 0.600. The molecule has 0 aromatic carbocycles.